The van der Waals surface area contributed by atoms with Crippen molar-refractivity contribution < 1.29 is 0 Å². The van der Waals surface area contributed by atoms with E-state index in [1.807, 2.05) is 90.7 Å². The zero-order valence-electron chi connectivity index (χ0n) is 71.5. The smallest absolute Gasteiger partial charge is 0.0720 e. The fraction of sp³-hybridized carbons (Fsp3) is 0. The Balaban J connectivity index is 0.0000000873. The lowest BCUT2D eigenvalue weighted by Gasteiger charge is -2.14. The van der Waals surface area contributed by atoms with Crippen LogP contribution in [0.5, 0.6) is 0 Å². The SMILES string of the molecule is c1ccc(-c2cccc(-n3c4ccccc4c4ccc5c6sc7ccccc7c6sc5c43)c2)cc1.c1ccc(-n2c3ccccc3c3ccc4c5sc6ccccc6c5sc4c32)cc1.c1ccc2c(c1)cc(-n1c3ccccc3c3ccc4c5sc6ccccc6c5sc4c31)c1ccccc12.c1ccc2cc(-n3c4ccccc4c4ccc5c6sc7ccccc7c6sc5c43)ccc2c1. The number of benzene rings is 20. The molecule has 4 nitrogen and oxygen atoms in total. The molecule has 0 saturated carbocycles. The third-order valence-electron chi connectivity index (χ3n) is 27.4. The van der Waals surface area contributed by atoms with Crippen molar-refractivity contribution in [3.8, 4) is 33.9 Å². The van der Waals surface area contributed by atoms with Gasteiger partial charge in [-0.05, 0) is 129 Å². The molecule has 20 aromatic carbocycles. The number of para-hydroxylation sites is 5. The van der Waals surface area contributed by atoms with Gasteiger partial charge in [0, 0.05) is 127 Å². The number of thiophene rings is 8. The van der Waals surface area contributed by atoms with Crippen LogP contribution in [0.25, 0.3) is 272 Å². The molecule has 32 rings (SSSR count). The number of nitrogens with zero attached hydrogens (tertiary/aromatic N) is 4. The summed E-state index contributed by atoms with van der Waals surface area (Å²) in [5.74, 6) is 0. The average Bonchev–Trinajstić information content (AvgIpc) is 1.56. The van der Waals surface area contributed by atoms with E-state index in [2.05, 4.69) is 443 Å². The van der Waals surface area contributed by atoms with Crippen molar-refractivity contribution in [2.24, 2.45) is 0 Å². The van der Waals surface area contributed by atoms with E-state index in [1.54, 1.807) is 0 Å². The number of rotatable bonds is 5. The average molecular weight is 1850 g/mol. The summed E-state index contributed by atoms with van der Waals surface area (Å²) in [6.07, 6.45) is 0. The first-order chi connectivity index (χ1) is 66.5. The zero-order valence-corrected chi connectivity index (χ0v) is 78.0. The van der Waals surface area contributed by atoms with E-state index in [4.69, 9.17) is 0 Å². The first-order valence-electron chi connectivity index (χ1n) is 45.2. The van der Waals surface area contributed by atoms with Crippen LogP contribution in [0, 0.1) is 0 Å². The lowest BCUT2D eigenvalue weighted by molar-refractivity contribution is 1.19. The fourth-order valence-electron chi connectivity index (χ4n) is 21.5. The van der Waals surface area contributed by atoms with Crippen LogP contribution in [0.4, 0.5) is 0 Å². The number of aromatic nitrogens is 4. The van der Waals surface area contributed by atoms with Gasteiger partial charge in [-0.25, -0.2) is 0 Å². The summed E-state index contributed by atoms with van der Waals surface area (Å²) in [6.45, 7) is 0. The van der Waals surface area contributed by atoms with Crippen molar-refractivity contribution >= 4 is 329 Å². The van der Waals surface area contributed by atoms with Gasteiger partial charge < -0.3 is 18.3 Å². The zero-order chi connectivity index (χ0) is 87.5. The summed E-state index contributed by atoms with van der Waals surface area (Å²) in [7, 11) is 0. The Morgan fingerprint density at radius 1 is 0.134 bits per heavy atom. The molecular formula is C122H70N4S8. The molecule has 0 amide bonds. The molecule has 0 spiro atoms. The van der Waals surface area contributed by atoms with Crippen molar-refractivity contribution in [3.05, 3.63) is 425 Å². The van der Waals surface area contributed by atoms with Crippen molar-refractivity contribution in [2.45, 2.75) is 0 Å². The fourth-order valence-corrected chi connectivity index (χ4v) is 32.6. The molecule has 0 atom stereocenters. The highest BCUT2D eigenvalue weighted by atomic mass is 32.1. The molecule has 12 aromatic heterocycles. The van der Waals surface area contributed by atoms with Gasteiger partial charge in [0.1, 0.15) is 0 Å². The number of hydrogen-bond donors (Lipinski definition) is 0. The van der Waals surface area contributed by atoms with Gasteiger partial charge in [0.25, 0.3) is 0 Å². The molecule has 0 saturated heterocycles. The normalized spacial score (nSPS) is 12.2. The maximum Gasteiger partial charge on any atom is 0.0720 e. The first kappa shape index (κ1) is 76.8. The highest BCUT2D eigenvalue weighted by Gasteiger charge is 2.27. The first-order valence-corrected chi connectivity index (χ1v) is 51.7. The van der Waals surface area contributed by atoms with Gasteiger partial charge in [-0.2, -0.15) is 0 Å². The van der Waals surface area contributed by atoms with Gasteiger partial charge in [-0.15, -0.1) is 90.7 Å². The lowest BCUT2D eigenvalue weighted by atomic mass is 10.00. The van der Waals surface area contributed by atoms with Gasteiger partial charge in [0.2, 0.25) is 0 Å². The summed E-state index contributed by atoms with van der Waals surface area (Å²) < 4.78 is 32.2. The third-order valence-corrected chi connectivity index (χ3v) is 37.7. The summed E-state index contributed by atoms with van der Waals surface area (Å²) in [5, 5.41) is 29.2. The standard InChI is InChI=1S/C34H19NS2.C32H19NS2.C30H17NS2.C26H15NS2/c1-2-10-21-20(9-1)19-29(23-12-4-3-11-22(21)23)35-28-15-7-5-13-24(28)25-17-18-27-32(31(25)35)37-33-26-14-6-8-16-30(26)36-34(27)33;1-2-9-20(10-3-1)21-11-8-12-22(19-21)33-27-15-6-4-13-23(27)24-17-18-26-30(29(24)33)35-31-25-14-5-7-16-28(25)34-32(26)31;1-2-8-19-17-20(14-13-18(19)7-1)31-25-11-5-3-9-21(25)22-15-16-24-28(27(22)31)33-29-23-10-4-6-12-26(23)32-30(24)29;1-2-8-16(9-3-1)27-21-12-6-4-10-17(21)18-14-15-20-24(23(18)27)29-25-19-11-5-7-13-22(19)28-26(20)25/h1-19H;1-19H;1-17H;1-15H. The monoisotopic (exact) mass is 1850 g/mol. The highest BCUT2D eigenvalue weighted by molar-refractivity contribution is 7.39. The Morgan fingerprint density at radius 2 is 0.425 bits per heavy atom. The molecule has 0 radical (unpaired) electrons. The molecule has 0 N–H and O–H groups in total. The van der Waals surface area contributed by atoms with Crippen LogP contribution in [0.3, 0.4) is 0 Å². The van der Waals surface area contributed by atoms with Crippen LogP contribution in [0.15, 0.2) is 425 Å². The Bertz CT molecular complexity index is 10500. The predicted molar refractivity (Wildman–Crippen MR) is 594 cm³/mol. The molecule has 0 bridgehead atoms. The van der Waals surface area contributed by atoms with Crippen LogP contribution < -0.4 is 0 Å². The summed E-state index contributed by atoms with van der Waals surface area (Å²) in [4.78, 5) is 0. The second-order valence-electron chi connectivity index (χ2n) is 34.6. The van der Waals surface area contributed by atoms with E-state index in [0.717, 1.165) is 0 Å². The summed E-state index contributed by atoms with van der Waals surface area (Å²) in [6, 6.07) is 155. The van der Waals surface area contributed by atoms with E-state index in [9.17, 15) is 0 Å². The Morgan fingerprint density at radius 3 is 0.858 bits per heavy atom. The van der Waals surface area contributed by atoms with Gasteiger partial charge in [-0.1, -0.05) is 334 Å². The second kappa shape index (κ2) is 30.3. The summed E-state index contributed by atoms with van der Waals surface area (Å²) >= 11 is 15.4. The van der Waals surface area contributed by atoms with Gasteiger partial charge in [0.05, 0.1) is 106 Å². The molecule has 0 fully saturated rings. The summed E-state index contributed by atoms with van der Waals surface area (Å²) in [5.41, 5.74) is 17.7. The minimum Gasteiger partial charge on any atom is -0.308 e. The molecule has 12 heteroatoms. The number of fused-ring (bicyclic) bond motifs is 40. The van der Waals surface area contributed by atoms with Crippen molar-refractivity contribution in [3.63, 3.8) is 0 Å². The Labute approximate surface area is 797 Å². The minimum atomic E-state index is 1.20. The number of hydrogen-bond acceptors (Lipinski definition) is 8. The van der Waals surface area contributed by atoms with Crippen molar-refractivity contribution in [1.82, 2.24) is 18.3 Å². The van der Waals surface area contributed by atoms with Crippen molar-refractivity contribution in [1.29, 1.82) is 0 Å². The maximum atomic E-state index is 2.53. The topological polar surface area (TPSA) is 19.7 Å². The molecule has 32 aromatic rings. The van der Waals surface area contributed by atoms with E-state index in [-0.39, 0.29) is 0 Å². The third kappa shape index (κ3) is 11.6. The second-order valence-corrected chi connectivity index (χ2v) is 42.9. The lowest BCUT2D eigenvalue weighted by Crippen LogP contribution is -1.96. The molecule has 626 valence electrons. The van der Waals surface area contributed by atoms with Crippen LogP contribution in [-0.2, 0) is 0 Å². The largest absolute Gasteiger partial charge is 0.308 e. The van der Waals surface area contributed by atoms with Crippen molar-refractivity contribution in [2.75, 3.05) is 0 Å². The van der Waals surface area contributed by atoms with Gasteiger partial charge in [-0.3, -0.25) is 0 Å². The Kier molecular flexibility index (Phi) is 17.4. The van der Waals surface area contributed by atoms with E-state index < -0.39 is 0 Å². The van der Waals surface area contributed by atoms with Gasteiger partial charge >= 0.3 is 0 Å². The molecule has 0 aliphatic rings. The van der Waals surface area contributed by atoms with E-state index in [1.165, 1.54) is 272 Å². The predicted octanol–water partition coefficient (Wildman–Crippen LogP) is 38.6. The van der Waals surface area contributed by atoms with E-state index in [0.29, 0.717) is 0 Å². The minimum absolute atomic E-state index is 1.20. The quantitative estimate of drug-likeness (QED) is 0.153. The van der Waals surface area contributed by atoms with E-state index >= 15 is 0 Å². The van der Waals surface area contributed by atoms with Crippen LogP contribution in [0.2, 0.25) is 0 Å². The van der Waals surface area contributed by atoms with Crippen LogP contribution in [-0.4, -0.2) is 18.3 Å². The molecule has 0 aliphatic heterocycles. The van der Waals surface area contributed by atoms with Crippen LogP contribution in [0.1, 0.15) is 0 Å². The van der Waals surface area contributed by atoms with Crippen LogP contribution >= 0.6 is 90.7 Å². The molecule has 0 unspecified atom stereocenters. The molecule has 134 heavy (non-hydrogen) atoms. The molecule has 0 aliphatic carbocycles. The van der Waals surface area contributed by atoms with Gasteiger partial charge in [0.15, 0.2) is 0 Å². The molecule has 12 heterocycles. The Hall–Kier alpha value is -14.9. The molecular weight excluding hydrogens is 1780 g/mol. The maximum absolute atomic E-state index is 2.53. The highest BCUT2D eigenvalue weighted by Crippen LogP contribution is 2.55.